The van der Waals surface area contributed by atoms with E-state index in [4.69, 9.17) is 0 Å². The summed E-state index contributed by atoms with van der Waals surface area (Å²) in [5, 5.41) is 29.0. The van der Waals surface area contributed by atoms with Gasteiger partial charge in [-0.25, -0.2) is 0 Å². The number of aliphatic hydroxyl groups excluding tert-OH is 3. The van der Waals surface area contributed by atoms with Gasteiger partial charge in [0.2, 0.25) is 17.3 Å². The van der Waals surface area contributed by atoms with Crippen molar-refractivity contribution in [1.29, 1.82) is 0 Å². The summed E-state index contributed by atoms with van der Waals surface area (Å²) in [6.45, 7) is 20.0. The fourth-order valence-electron chi connectivity index (χ4n) is 4.97. The summed E-state index contributed by atoms with van der Waals surface area (Å²) in [6, 6.07) is 0. The molecule has 0 aliphatic carbocycles. The predicted molar refractivity (Wildman–Crippen MR) is 197 cm³/mol. The van der Waals surface area contributed by atoms with Gasteiger partial charge >= 0.3 is 0 Å². The number of hydrogen-bond acceptors (Lipinski definition) is 9. The molecule has 0 bridgehead atoms. The first-order valence-electron chi connectivity index (χ1n) is 18.2. The number of likely N-dealkylation sites (tertiary alicyclic amines) is 3. The fraction of sp³-hybridized carbons (Fsp3) is 0.692. The van der Waals surface area contributed by atoms with Crippen LogP contribution in [0.15, 0.2) is 35.5 Å². The molecule has 296 valence electrons. The molecule has 0 aromatic rings. The topological polar surface area (TPSA) is 173 Å². The third-order valence-electron chi connectivity index (χ3n) is 8.67. The zero-order chi connectivity index (χ0) is 39.2. The van der Waals surface area contributed by atoms with Gasteiger partial charge in [-0.2, -0.15) is 0 Å². The van der Waals surface area contributed by atoms with Crippen molar-refractivity contribution in [3.63, 3.8) is 0 Å². The van der Waals surface area contributed by atoms with Gasteiger partial charge in [0.1, 0.15) is 17.3 Å². The van der Waals surface area contributed by atoms with Crippen molar-refractivity contribution in [2.45, 2.75) is 120 Å². The maximum atomic E-state index is 11.8. The van der Waals surface area contributed by atoms with Crippen LogP contribution >= 0.6 is 0 Å². The first-order chi connectivity index (χ1) is 23.5. The number of rotatable bonds is 6. The van der Waals surface area contributed by atoms with Crippen LogP contribution in [0, 0.1) is 16.2 Å². The van der Waals surface area contributed by atoms with E-state index >= 15 is 0 Å². The summed E-state index contributed by atoms with van der Waals surface area (Å²) < 4.78 is 0. The maximum Gasteiger partial charge on any atom is 0.294 e. The van der Waals surface area contributed by atoms with Crippen molar-refractivity contribution in [2.24, 2.45) is 16.2 Å². The Kier molecular flexibility index (Phi) is 20.5. The summed E-state index contributed by atoms with van der Waals surface area (Å²) in [7, 11) is 0. The molecule has 52 heavy (non-hydrogen) atoms. The molecule has 3 fully saturated rings. The van der Waals surface area contributed by atoms with Crippen LogP contribution in [-0.2, 0) is 45.8 Å². The van der Waals surface area contributed by atoms with Crippen molar-refractivity contribution in [3.8, 4) is 0 Å². The maximum absolute atomic E-state index is 11.8. The fourth-order valence-corrected chi connectivity index (χ4v) is 4.97. The van der Waals surface area contributed by atoms with Gasteiger partial charge in [-0.05, 0) is 57.8 Å². The molecule has 12 nitrogen and oxygen atoms in total. The average molecular weight is 774 g/mol. The third kappa shape index (κ3) is 17.4. The zero-order valence-corrected chi connectivity index (χ0v) is 33.9. The van der Waals surface area contributed by atoms with Crippen molar-refractivity contribution in [3.05, 3.63) is 35.5 Å². The van der Waals surface area contributed by atoms with E-state index in [0.29, 0.717) is 39.3 Å². The van der Waals surface area contributed by atoms with Crippen molar-refractivity contribution >= 4 is 35.1 Å². The van der Waals surface area contributed by atoms with Gasteiger partial charge in [0.05, 0.1) is 0 Å². The van der Waals surface area contributed by atoms with Gasteiger partial charge in [0, 0.05) is 90.8 Å². The minimum atomic E-state index is -0.626. The first kappa shape index (κ1) is 48.6. The molecule has 0 aromatic carbocycles. The van der Waals surface area contributed by atoms with Crippen LogP contribution in [0.2, 0.25) is 0 Å². The van der Waals surface area contributed by atoms with Crippen molar-refractivity contribution in [1.82, 2.24) is 14.7 Å². The number of carbonyl (C=O) groups is 6. The number of aliphatic hydroxyl groups is 3. The van der Waals surface area contributed by atoms with E-state index in [1.165, 1.54) is 0 Å². The molecule has 3 aliphatic rings. The number of ketones is 3. The van der Waals surface area contributed by atoms with Crippen molar-refractivity contribution in [2.75, 3.05) is 39.3 Å². The number of amides is 3. The minimum absolute atomic E-state index is 0. The second-order valence-corrected chi connectivity index (χ2v) is 16.5. The zero-order valence-electron chi connectivity index (χ0n) is 32.8. The molecular weight excluding hydrogens is 710 g/mol. The Bertz CT molecular complexity index is 1170. The van der Waals surface area contributed by atoms with E-state index in [9.17, 15) is 44.1 Å². The molecular formula is C39H63FeN3O9. The Labute approximate surface area is 321 Å². The molecule has 0 radical (unpaired) electrons. The Morgan fingerprint density at radius 2 is 0.558 bits per heavy atom. The second-order valence-electron chi connectivity index (χ2n) is 16.5. The molecule has 0 saturated carbocycles. The van der Waals surface area contributed by atoms with Gasteiger partial charge in [-0.15, -0.1) is 0 Å². The van der Waals surface area contributed by atoms with Crippen molar-refractivity contribution < 1.29 is 61.2 Å². The number of hydrogen-bond donors (Lipinski definition) is 3. The summed E-state index contributed by atoms with van der Waals surface area (Å²) in [6.07, 6.45) is 12.2. The van der Waals surface area contributed by atoms with Crippen LogP contribution in [0.25, 0.3) is 0 Å². The summed E-state index contributed by atoms with van der Waals surface area (Å²) in [5.74, 6) is -3.52. The molecule has 13 heteroatoms. The Hall–Kier alpha value is -3.44. The smallest absolute Gasteiger partial charge is 0.294 e. The molecule has 0 spiro atoms. The van der Waals surface area contributed by atoms with Gasteiger partial charge in [-0.3, -0.25) is 28.8 Å². The second kappa shape index (κ2) is 21.9. The van der Waals surface area contributed by atoms with Gasteiger partial charge in [-0.1, -0.05) is 62.3 Å². The third-order valence-corrected chi connectivity index (χ3v) is 8.67. The van der Waals surface area contributed by atoms with E-state index in [0.717, 1.165) is 76.0 Å². The average Bonchev–Trinajstić information content (AvgIpc) is 3.07. The molecule has 0 atom stereocenters. The predicted octanol–water partition coefficient (Wildman–Crippen LogP) is 6.17. The van der Waals surface area contributed by atoms with Gasteiger partial charge in [0.25, 0.3) is 17.7 Å². The monoisotopic (exact) mass is 773 g/mol. The van der Waals surface area contributed by atoms with E-state index in [1.54, 1.807) is 77.0 Å². The van der Waals surface area contributed by atoms with E-state index < -0.39 is 51.3 Å². The number of carbonyl (C=O) groups excluding carboxylic acids is 6. The van der Waals surface area contributed by atoms with E-state index in [2.05, 4.69) is 0 Å². The molecule has 3 aliphatic heterocycles. The Morgan fingerprint density at radius 1 is 0.385 bits per heavy atom. The van der Waals surface area contributed by atoms with Gasteiger partial charge < -0.3 is 30.0 Å². The summed E-state index contributed by atoms with van der Waals surface area (Å²) in [5.41, 5.74) is -1.51. The molecule has 3 heterocycles. The van der Waals surface area contributed by atoms with Crippen LogP contribution in [0.5, 0.6) is 0 Å². The number of allylic oxidation sites excluding steroid dienone is 3. The van der Waals surface area contributed by atoms with E-state index in [1.807, 2.05) is 0 Å². The number of nitrogens with zero attached hydrogens (tertiary/aromatic N) is 3. The summed E-state index contributed by atoms with van der Waals surface area (Å²) >= 11 is 0. The van der Waals surface area contributed by atoms with Crippen LogP contribution in [0.3, 0.4) is 0 Å². The molecule has 3 N–H and O–H groups in total. The Morgan fingerprint density at radius 3 is 0.712 bits per heavy atom. The number of piperidine rings is 3. The molecule has 3 saturated heterocycles. The summed E-state index contributed by atoms with van der Waals surface area (Å²) in [4.78, 5) is 75.1. The van der Waals surface area contributed by atoms with Gasteiger partial charge in [0.15, 0.2) is 0 Å². The van der Waals surface area contributed by atoms with Crippen LogP contribution in [0.1, 0.15) is 120 Å². The molecule has 0 aromatic heterocycles. The largest absolute Gasteiger partial charge is 0.512 e. The van der Waals surface area contributed by atoms with Crippen LogP contribution in [0.4, 0.5) is 0 Å². The normalized spacial score (nSPS) is 17.7. The van der Waals surface area contributed by atoms with Crippen LogP contribution in [-0.4, -0.2) is 104 Å². The SMILES string of the molecule is CC(C)(C)C(O)=CC(=O)C(=O)N1CCCCC1.CC(C)(C)C(O)=CC(=O)C(=O)N1CCCCC1.CC(C)(C)C(O)=CC(=O)C(=O)N1CCCCC1.[Fe]. The molecule has 3 amide bonds. The Balaban J connectivity index is 0.000000743. The minimum Gasteiger partial charge on any atom is -0.512 e. The standard InChI is InChI=1S/3C13H21NO3.Fe/c3*1-13(2,3)11(16)9-10(15)12(17)14-7-5-4-6-8-14;/h3*9,16H,4-8H2,1-3H3;. The first-order valence-corrected chi connectivity index (χ1v) is 18.2. The van der Waals surface area contributed by atoms with E-state index in [-0.39, 0.29) is 34.3 Å². The quantitative estimate of drug-likeness (QED) is 0.124. The molecule has 0 unspecified atom stereocenters. The van der Waals surface area contributed by atoms with Crippen LogP contribution < -0.4 is 0 Å². The molecule has 3 rings (SSSR count).